The van der Waals surface area contributed by atoms with Crippen molar-refractivity contribution in [3.63, 3.8) is 0 Å². The molecule has 1 saturated carbocycles. The van der Waals surface area contributed by atoms with Gasteiger partial charge in [0.25, 0.3) is 0 Å². The first kappa shape index (κ1) is 22.1. The molecule has 0 bridgehead atoms. The maximum Gasteiger partial charge on any atom is 0.142 e. The van der Waals surface area contributed by atoms with Crippen LogP contribution in [0.2, 0.25) is 5.02 Å². The van der Waals surface area contributed by atoms with E-state index < -0.39 is 37.1 Å². The summed E-state index contributed by atoms with van der Waals surface area (Å²) < 4.78 is 11.9. The number of fused-ring (bicyclic) bond motifs is 1. The Morgan fingerprint density at radius 1 is 1.03 bits per heavy atom. The number of halogens is 1. The molecule has 0 spiro atoms. The topological polar surface area (TPSA) is 99.4 Å². The van der Waals surface area contributed by atoms with Crippen LogP contribution in [0.5, 0.6) is 5.75 Å². The molecule has 5 rings (SSSR count). The molecule has 4 N–H and O–H groups in total. The minimum absolute atomic E-state index is 0.0841. The zero-order chi connectivity index (χ0) is 22.6. The molecule has 32 heavy (non-hydrogen) atoms. The van der Waals surface area contributed by atoms with Gasteiger partial charge in [-0.15, -0.1) is 0 Å². The minimum Gasteiger partial charge on any atom is -0.488 e. The van der Waals surface area contributed by atoms with Crippen LogP contribution >= 0.6 is 11.6 Å². The largest absolute Gasteiger partial charge is 0.488 e. The Kier molecular flexibility index (Phi) is 5.95. The summed E-state index contributed by atoms with van der Waals surface area (Å²) in [5.41, 5.74) is 4.83. The Morgan fingerprint density at radius 2 is 1.75 bits per heavy atom. The number of aliphatic hydroxyl groups excluding tert-OH is 4. The van der Waals surface area contributed by atoms with E-state index in [1.54, 1.807) is 0 Å². The van der Waals surface area contributed by atoms with Crippen LogP contribution in [-0.2, 0) is 17.6 Å². The molecule has 2 aromatic rings. The standard InChI is InChI=1S/C25H29ClO6/c1-12-8-17-18(25-23(30)22(29)21(28)19(11-27)32-25)10-16(20(26)24(17)31-12)9-13-2-4-14(5-3-13)15-6-7-15/h2-5,10,12,15,19,21-23,25,27-30H,6-9,11H2,1H3/t12?,19-,21-,22+,23-,25+/m1/s1. The van der Waals surface area contributed by atoms with Crippen molar-refractivity contribution in [2.75, 3.05) is 6.61 Å². The summed E-state index contributed by atoms with van der Waals surface area (Å²) in [6, 6.07) is 10.5. The number of hydrogen-bond donors (Lipinski definition) is 4. The zero-order valence-electron chi connectivity index (χ0n) is 17.9. The molecule has 1 aliphatic carbocycles. The van der Waals surface area contributed by atoms with E-state index in [9.17, 15) is 20.4 Å². The fraction of sp³-hybridized carbons (Fsp3) is 0.520. The molecule has 2 fully saturated rings. The van der Waals surface area contributed by atoms with E-state index in [1.807, 2.05) is 13.0 Å². The van der Waals surface area contributed by atoms with Gasteiger partial charge in [-0.1, -0.05) is 41.9 Å². The molecule has 2 aromatic carbocycles. The van der Waals surface area contributed by atoms with E-state index in [0.717, 1.165) is 16.7 Å². The van der Waals surface area contributed by atoms with Gasteiger partial charge < -0.3 is 29.9 Å². The Morgan fingerprint density at radius 3 is 2.41 bits per heavy atom. The summed E-state index contributed by atoms with van der Waals surface area (Å²) in [5.74, 6) is 1.28. The second-order valence-corrected chi connectivity index (χ2v) is 9.70. The number of ether oxygens (including phenoxy) is 2. The van der Waals surface area contributed by atoms with Crippen molar-refractivity contribution in [1.82, 2.24) is 0 Å². The van der Waals surface area contributed by atoms with Gasteiger partial charge in [0.2, 0.25) is 0 Å². The van der Waals surface area contributed by atoms with Crippen LogP contribution in [0.15, 0.2) is 30.3 Å². The lowest BCUT2D eigenvalue weighted by Crippen LogP contribution is -2.55. The van der Waals surface area contributed by atoms with Gasteiger partial charge in [0, 0.05) is 12.0 Å². The van der Waals surface area contributed by atoms with E-state index in [-0.39, 0.29) is 6.10 Å². The molecule has 6 nitrogen and oxygen atoms in total. The number of rotatable bonds is 5. The highest BCUT2D eigenvalue weighted by atomic mass is 35.5. The molecule has 0 radical (unpaired) electrons. The predicted molar refractivity (Wildman–Crippen MR) is 119 cm³/mol. The van der Waals surface area contributed by atoms with Gasteiger partial charge in [-0.3, -0.25) is 0 Å². The van der Waals surface area contributed by atoms with Crippen LogP contribution in [0.4, 0.5) is 0 Å². The second kappa shape index (κ2) is 8.60. The van der Waals surface area contributed by atoms with Crippen molar-refractivity contribution in [1.29, 1.82) is 0 Å². The van der Waals surface area contributed by atoms with Crippen molar-refractivity contribution in [3.8, 4) is 5.75 Å². The first-order valence-electron chi connectivity index (χ1n) is 11.3. The predicted octanol–water partition coefficient (Wildman–Crippen LogP) is 2.65. The molecule has 0 amide bonds. The lowest BCUT2D eigenvalue weighted by atomic mass is 9.86. The maximum atomic E-state index is 10.7. The molecular formula is C25H29ClO6. The molecule has 3 aliphatic rings. The first-order chi connectivity index (χ1) is 15.4. The SMILES string of the molecule is CC1Cc2c([C@@H]3O[C@H](CO)[C@@H](O)[C@H](O)[C@H]3O)cc(Cc3ccc(C4CC4)cc3)c(Cl)c2O1. The van der Waals surface area contributed by atoms with Crippen molar-refractivity contribution in [2.45, 2.75) is 75.1 Å². The summed E-state index contributed by atoms with van der Waals surface area (Å²) >= 11 is 6.76. The van der Waals surface area contributed by atoms with Crippen LogP contribution < -0.4 is 4.74 Å². The van der Waals surface area contributed by atoms with E-state index >= 15 is 0 Å². The van der Waals surface area contributed by atoms with Gasteiger partial charge in [-0.05, 0) is 54.4 Å². The highest BCUT2D eigenvalue weighted by Gasteiger charge is 2.45. The van der Waals surface area contributed by atoms with Crippen molar-refractivity contribution >= 4 is 11.6 Å². The highest BCUT2D eigenvalue weighted by Crippen LogP contribution is 2.46. The Labute approximate surface area is 192 Å². The van der Waals surface area contributed by atoms with Crippen molar-refractivity contribution < 1.29 is 29.9 Å². The third-order valence-corrected chi connectivity index (χ3v) is 7.28. The van der Waals surface area contributed by atoms with Crippen molar-refractivity contribution in [2.24, 2.45) is 0 Å². The lowest BCUT2D eigenvalue weighted by Gasteiger charge is -2.40. The van der Waals surface area contributed by atoms with Gasteiger partial charge in [0.05, 0.1) is 11.6 Å². The second-order valence-electron chi connectivity index (χ2n) is 9.32. The molecule has 2 aliphatic heterocycles. The molecule has 6 atom stereocenters. The van der Waals surface area contributed by atoms with E-state index in [1.165, 1.54) is 18.4 Å². The monoisotopic (exact) mass is 460 g/mol. The van der Waals surface area contributed by atoms with E-state index in [2.05, 4.69) is 24.3 Å². The van der Waals surface area contributed by atoms with Crippen LogP contribution in [0.3, 0.4) is 0 Å². The first-order valence-corrected chi connectivity index (χ1v) is 11.6. The van der Waals surface area contributed by atoms with Crippen LogP contribution in [0, 0.1) is 0 Å². The van der Waals surface area contributed by atoms with Gasteiger partial charge in [0.1, 0.15) is 42.4 Å². The fourth-order valence-corrected chi connectivity index (χ4v) is 5.18. The molecule has 7 heteroatoms. The number of hydrogen-bond acceptors (Lipinski definition) is 6. The number of benzene rings is 2. The van der Waals surface area contributed by atoms with Gasteiger partial charge >= 0.3 is 0 Å². The maximum absolute atomic E-state index is 10.7. The van der Waals surface area contributed by atoms with Crippen LogP contribution in [0.25, 0.3) is 0 Å². The average Bonchev–Trinajstić information content (AvgIpc) is 3.56. The Bertz CT molecular complexity index is 987. The molecule has 1 saturated heterocycles. The molecular weight excluding hydrogens is 432 g/mol. The summed E-state index contributed by atoms with van der Waals surface area (Å²) in [6.45, 7) is 1.48. The number of aliphatic hydroxyl groups is 4. The molecule has 1 unspecified atom stereocenters. The Hall–Kier alpha value is -1.67. The summed E-state index contributed by atoms with van der Waals surface area (Å²) in [7, 11) is 0. The molecule has 0 aromatic heterocycles. The summed E-state index contributed by atoms with van der Waals surface area (Å²) in [5, 5.41) is 41.4. The van der Waals surface area contributed by atoms with Crippen LogP contribution in [0.1, 0.15) is 59.6 Å². The Balaban J connectivity index is 1.51. The fourth-order valence-electron chi connectivity index (χ4n) is 4.90. The smallest absolute Gasteiger partial charge is 0.142 e. The third-order valence-electron chi connectivity index (χ3n) is 6.87. The van der Waals surface area contributed by atoms with Gasteiger partial charge in [-0.2, -0.15) is 0 Å². The van der Waals surface area contributed by atoms with E-state index in [4.69, 9.17) is 21.1 Å². The lowest BCUT2D eigenvalue weighted by molar-refractivity contribution is -0.231. The molecule has 172 valence electrons. The minimum atomic E-state index is -1.43. The summed E-state index contributed by atoms with van der Waals surface area (Å²) in [4.78, 5) is 0. The average molecular weight is 461 g/mol. The normalized spacial score (nSPS) is 31.9. The van der Waals surface area contributed by atoms with Crippen molar-refractivity contribution in [3.05, 3.63) is 63.2 Å². The van der Waals surface area contributed by atoms with E-state index in [0.29, 0.717) is 35.1 Å². The zero-order valence-corrected chi connectivity index (χ0v) is 18.7. The quantitative estimate of drug-likeness (QED) is 0.547. The molecule has 2 heterocycles. The third kappa shape index (κ3) is 3.94. The highest BCUT2D eigenvalue weighted by molar-refractivity contribution is 6.33. The van der Waals surface area contributed by atoms with Crippen LogP contribution in [-0.4, -0.2) is 57.6 Å². The van der Waals surface area contributed by atoms with Gasteiger partial charge in [0.15, 0.2) is 0 Å². The van der Waals surface area contributed by atoms with Gasteiger partial charge in [-0.25, -0.2) is 0 Å². The summed E-state index contributed by atoms with van der Waals surface area (Å²) in [6.07, 6.45) is -2.46.